The molecule has 0 unspecified atom stereocenters. The number of benzene rings is 1. The molecule has 0 bridgehead atoms. The summed E-state index contributed by atoms with van der Waals surface area (Å²) in [6, 6.07) is 7.30. The van der Waals surface area contributed by atoms with E-state index in [0.717, 1.165) is 0 Å². The summed E-state index contributed by atoms with van der Waals surface area (Å²) < 4.78 is 0. The van der Waals surface area contributed by atoms with Gasteiger partial charge in [-0.05, 0) is 24.3 Å². The number of rotatable bonds is 3. The number of nitrogens with two attached hydrogens (primary N) is 1. The second kappa shape index (κ2) is 5.81. The molecule has 0 fully saturated rings. The zero-order valence-corrected chi connectivity index (χ0v) is 11.6. The Morgan fingerprint density at radius 1 is 1.35 bits per heavy atom. The fourth-order valence-electron chi connectivity index (χ4n) is 1.43. The van der Waals surface area contributed by atoms with Crippen LogP contribution in [0, 0.1) is 0 Å². The van der Waals surface area contributed by atoms with Gasteiger partial charge in [0.25, 0.3) is 11.5 Å². The molecule has 0 atom stereocenters. The Hall–Kier alpha value is -2.25. The van der Waals surface area contributed by atoms with E-state index >= 15 is 0 Å². The Kier molecular flexibility index (Phi) is 4.11. The van der Waals surface area contributed by atoms with Crippen LogP contribution in [0.25, 0.3) is 0 Å². The molecule has 0 aliphatic rings. The average Bonchev–Trinajstić information content (AvgIpc) is 2.41. The van der Waals surface area contributed by atoms with Crippen molar-refractivity contribution in [2.45, 2.75) is 0 Å². The van der Waals surface area contributed by atoms with Gasteiger partial charge >= 0.3 is 0 Å². The summed E-state index contributed by atoms with van der Waals surface area (Å²) in [6.07, 6.45) is 0. The fraction of sp³-hybridized carbons (Fsp3) is 0. The maximum absolute atomic E-state index is 11.9. The highest BCUT2D eigenvalue weighted by Gasteiger charge is 2.11. The standard InChI is InChI=1S/C12H9ClN4O2S/c13-7-5-6(11(14)20)1-2-8(7)15-12(19)9-3-4-10(18)17-16-9/h1-5H,(H2,14,20)(H,15,19)(H,17,18). The van der Waals surface area contributed by atoms with Crippen molar-refractivity contribution in [2.75, 3.05) is 5.32 Å². The molecule has 2 aromatic rings. The van der Waals surface area contributed by atoms with Crippen molar-refractivity contribution in [1.29, 1.82) is 0 Å². The first-order chi connectivity index (χ1) is 9.47. The lowest BCUT2D eigenvalue weighted by atomic mass is 10.2. The van der Waals surface area contributed by atoms with E-state index in [1.54, 1.807) is 18.2 Å². The molecule has 20 heavy (non-hydrogen) atoms. The number of carbonyl (C=O) groups excluding carboxylic acids is 1. The number of halogens is 1. The number of amides is 1. The normalized spacial score (nSPS) is 10.1. The molecule has 4 N–H and O–H groups in total. The van der Waals surface area contributed by atoms with E-state index in [1.165, 1.54) is 12.1 Å². The topological polar surface area (TPSA) is 101 Å². The van der Waals surface area contributed by atoms with Crippen molar-refractivity contribution >= 4 is 40.4 Å². The third kappa shape index (κ3) is 3.19. The number of aromatic nitrogens is 2. The summed E-state index contributed by atoms with van der Waals surface area (Å²) in [4.78, 5) is 23.0. The van der Waals surface area contributed by atoms with E-state index in [2.05, 4.69) is 15.5 Å². The van der Waals surface area contributed by atoms with Gasteiger partial charge in [-0.15, -0.1) is 0 Å². The number of anilines is 1. The van der Waals surface area contributed by atoms with Crippen LogP contribution >= 0.6 is 23.8 Å². The van der Waals surface area contributed by atoms with Crippen LogP contribution in [0.3, 0.4) is 0 Å². The van der Waals surface area contributed by atoms with Crippen LogP contribution in [0.4, 0.5) is 5.69 Å². The minimum Gasteiger partial charge on any atom is -0.389 e. The van der Waals surface area contributed by atoms with Gasteiger partial charge in [0.05, 0.1) is 10.7 Å². The number of carbonyl (C=O) groups is 1. The predicted molar refractivity (Wildman–Crippen MR) is 80.2 cm³/mol. The smallest absolute Gasteiger partial charge is 0.276 e. The molecule has 102 valence electrons. The molecule has 1 amide bonds. The lowest BCUT2D eigenvalue weighted by Gasteiger charge is -2.08. The van der Waals surface area contributed by atoms with Crippen LogP contribution in [0.15, 0.2) is 35.1 Å². The molecule has 0 saturated carbocycles. The zero-order chi connectivity index (χ0) is 14.7. The molecule has 1 aromatic carbocycles. The summed E-state index contributed by atoms with van der Waals surface area (Å²) in [5.74, 6) is -0.494. The number of H-pyrrole nitrogens is 1. The van der Waals surface area contributed by atoms with Gasteiger partial charge < -0.3 is 11.1 Å². The van der Waals surface area contributed by atoms with Crippen molar-refractivity contribution in [3.05, 3.63) is 57.0 Å². The van der Waals surface area contributed by atoms with Crippen molar-refractivity contribution in [2.24, 2.45) is 5.73 Å². The van der Waals surface area contributed by atoms with E-state index in [0.29, 0.717) is 16.3 Å². The van der Waals surface area contributed by atoms with Gasteiger partial charge in [0.1, 0.15) is 10.7 Å². The number of nitrogens with zero attached hydrogens (tertiary/aromatic N) is 1. The first-order valence-corrected chi connectivity index (χ1v) is 6.22. The van der Waals surface area contributed by atoms with Crippen LogP contribution in [-0.2, 0) is 0 Å². The minimum absolute atomic E-state index is 0.0686. The highest BCUT2D eigenvalue weighted by molar-refractivity contribution is 7.80. The SMILES string of the molecule is NC(=S)c1ccc(NC(=O)c2ccc(=O)[nH]n2)c(Cl)c1. The molecular weight excluding hydrogens is 300 g/mol. The molecule has 0 aliphatic carbocycles. The van der Waals surface area contributed by atoms with E-state index < -0.39 is 5.91 Å². The van der Waals surface area contributed by atoms with Gasteiger partial charge in [0.2, 0.25) is 0 Å². The minimum atomic E-state index is -0.494. The summed E-state index contributed by atoms with van der Waals surface area (Å²) in [6.45, 7) is 0. The number of hydrogen-bond donors (Lipinski definition) is 3. The van der Waals surface area contributed by atoms with Crippen molar-refractivity contribution in [3.63, 3.8) is 0 Å². The number of thiocarbonyl (C=S) groups is 1. The van der Waals surface area contributed by atoms with Crippen LogP contribution in [0.1, 0.15) is 16.1 Å². The first kappa shape index (κ1) is 14.2. The van der Waals surface area contributed by atoms with Gasteiger partial charge in [-0.2, -0.15) is 5.10 Å². The van der Waals surface area contributed by atoms with Crippen molar-refractivity contribution in [1.82, 2.24) is 10.2 Å². The van der Waals surface area contributed by atoms with Crippen molar-refractivity contribution in [3.8, 4) is 0 Å². The maximum Gasteiger partial charge on any atom is 0.276 e. The van der Waals surface area contributed by atoms with Gasteiger partial charge in [-0.1, -0.05) is 23.8 Å². The van der Waals surface area contributed by atoms with E-state index in [4.69, 9.17) is 29.6 Å². The largest absolute Gasteiger partial charge is 0.389 e. The van der Waals surface area contributed by atoms with E-state index in [1.807, 2.05) is 0 Å². The quantitative estimate of drug-likeness (QED) is 0.742. The van der Waals surface area contributed by atoms with Gasteiger partial charge in [-0.25, -0.2) is 5.10 Å². The molecule has 8 heteroatoms. The molecule has 0 spiro atoms. The third-order valence-electron chi connectivity index (χ3n) is 2.41. The molecule has 1 aromatic heterocycles. The molecule has 0 saturated heterocycles. The lowest BCUT2D eigenvalue weighted by molar-refractivity contribution is 0.102. The second-order valence-corrected chi connectivity index (χ2v) is 4.67. The van der Waals surface area contributed by atoms with Crippen LogP contribution in [-0.4, -0.2) is 21.1 Å². The number of hydrogen-bond acceptors (Lipinski definition) is 4. The Balaban J connectivity index is 2.21. The van der Waals surface area contributed by atoms with Crippen molar-refractivity contribution < 1.29 is 4.79 Å². The maximum atomic E-state index is 11.9. The van der Waals surface area contributed by atoms with Crippen LogP contribution < -0.4 is 16.6 Å². The number of aromatic amines is 1. The van der Waals surface area contributed by atoms with Gasteiger partial charge in [-0.3, -0.25) is 9.59 Å². The van der Waals surface area contributed by atoms with Crippen LogP contribution in [0.2, 0.25) is 5.02 Å². The Morgan fingerprint density at radius 2 is 2.10 bits per heavy atom. The monoisotopic (exact) mass is 308 g/mol. The highest BCUT2D eigenvalue weighted by Crippen LogP contribution is 2.23. The number of nitrogens with one attached hydrogen (secondary N) is 2. The summed E-state index contributed by atoms with van der Waals surface area (Å²) in [5, 5.41) is 8.66. The second-order valence-electron chi connectivity index (χ2n) is 3.82. The molecule has 6 nitrogen and oxygen atoms in total. The van der Waals surface area contributed by atoms with Crippen LogP contribution in [0.5, 0.6) is 0 Å². The molecule has 1 heterocycles. The highest BCUT2D eigenvalue weighted by atomic mass is 35.5. The Bertz CT molecular complexity index is 724. The molecule has 2 rings (SSSR count). The Morgan fingerprint density at radius 3 is 2.65 bits per heavy atom. The van der Waals surface area contributed by atoms with E-state index in [9.17, 15) is 9.59 Å². The first-order valence-electron chi connectivity index (χ1n) is 5.44. The van der Waals surface area contributed by atoms with Gasteiger partial charge in [0.15, 0.2) is 0 Å². The average molecular weight is 309 g/mol. The molecule has 0 aliphatic heterocycles. The lowest BCUT2D eigenvalue weighted by Crippen LogP contribution is -2.18. The molecule has 0 radical (unpaired) electrons. The summed E-state index contributed by atoms with van der Waals surface area (Å²) in [7, 11) is 0. The predicted octanol–water partition coefficient (Wildman–Crippen LogP) is 1.31. The van der Waals surface area contributed by atoms with E-state index in [-0.39, 0.29) is 16.2 Å². The van der Waals surface area contributed by atoms with Gasteiger partial charge in [0, 0.05) is 11.6 Å². The Labute approximate surface area is 124 Å². The third-order valence-corrected chi connectivity index (χ3v) is 2.96. The zero-order valence-electron chi connectivity index (χ0n) is 10.0. The molecular formula is C12H9ClN4O2S. The summed E-state index contributed by atoms with van der Waals surface area (Å²) in [5.41, 5.74) is 6.16. The summed E-state index contributed by atoms with van der Waals surface area (Å²) >= 11 is 10.9. The fourth-order valence-corrected chi connectivity index (χ4v) is 1.78.